The fourth-order valence-electron chi connectivity index (χ4n) is 5.21. The molecule has 3 saturated carbocycles. The van der Waals surface area contributed by atoms with Crippen LogP contribution in [0.25, 0.3) is 0 Å². The van der Waals surface area contributed by atoms with Crippen molar-refractivity contribution < 1.29 is 33.3 Å². The number of carbonyl (C=O) groups is 2. The van der Waals surface area contributed by atoms with Gasteiger partial charge in [0.25, 0.3) is 11.8 Å². The summed E-state index contributed by atoms with van der Waals surface area (Å²) in [6.45, 7) is -0.279. The van der Waals surface area contributed by atoms with Gasteiger partial charge in [0, 0.05) is 22.7 Å². The quantitative estimate of drug-likeness (QED) is 0.520. The van der Waals surface area contributed by atoms with Gasteiger partial charge in [-0.15, -0.1) is 0 Å². The molecule has 0 spiro atoms. The van der Waals surface area contributed by atoms with Gasteiger partial charge in [-0.3, -0.25) is 9.59 Å². The summed E-state index contributed by atoms with van der Waals surface area (Å²) in [4.78, 5) is 25.6. The van der Waals surface area contributed by atoms with Gasteiger partial charge in [0.15, 0.2) is 18.1 Å². The van der Waals surface area contributed by atoms with Gasteiger partial charge in [-0.25, -0.2) is 4.39 Å². The number of hydrogen-bond acceptors (Lipinski definition) is 6. The third kappa shape index (κ3) is 4.92. The molecule has 6 rings (SSSR count). The van der Waals surface area contributed by atoms with Crippen molar-refractivity contribution in [1.82, 2.24) is 10.6 Å². The molecule has 36 heavy (non-hydrogen) atoms. The highest BCUT2D eigenvalue weighted by Gasteiger charge is 2.55. The number of aliphatic hydroxyl groups excluding tert-OH is 1. The molecule has 3 aliphatic carbocycles. The van der Waals surface area contributed by atoms with Gasteiger partial charge in [-0.1, -0.05) is 23.2 Å². The molecule has 2 aromatic carbocycles. The Balaban J connectivity index is 1.16. The van der Waals surface area contributed by atoms with Gasteiger partial charge >= 0.3 is 0 Å². The number of ether oxygens (including phenoxy) is 3. The summed E-state index contributed by atoms with van der Waals surface area (Å²) in [5.41, 5.74) is -1.40. The van der Waals surface area contributed by atoms with Crippen LogP contribution in [0.1, 0.15) is 32.1 Å². The zero-order valence-electron chi connectivity index (χ0n) is 19.2. The summed E-state index contributed by atoms with van der Waals surface area (Å²) < 4.78 is 30.4. The number of nitrogens with one attached hydrogen (secondary N) is 2. The maximum atomic E-state index is 13.6. The Bertz CT molecular complexity index is 1190. The number of halogens is 3. The molecule has 0 unspecified atom stereocenters. The summed E-state index contributed by atoms with van der Waals surface area (Å²) in [6.07, 6.45) is 0.746. The lowest BCUT2D eigenvalue weighted by Crippen LogP contribution is -2.71. The predicted molar refractivity (Wildman–Crippen MR) is 129 cm³/mol. The summed E-state index contributed by atoms with van der Waals surface area (Å²) in [7, 11) is 0. The molecule has 4 aliphatic rings. The van der Waals surface area contributed by atoms with E-state index in [-0.39, 0.29) is 29.9 Å². The molecule has 0 saturated heterocycles. The van der Waals surface area contributed by atoms with E-state index in [1.165, 1.54) is 12.1 Å². The van der Waals surface area contributed by atoms with Crippen molar-refractivity contribution in [3.63, 3.8) is 0 Å². The van der Waals surface area contributed by atoms with Gasteiger partial charge < -0.3 is 30.0 Å². The third-order valence-electron chi connectivity index (χ3n) is 7.22. The molecule has 0 aromatic heterocycles. The monoisotopic (exact) mass is 538 g/mol. The van der Waals surface area contributed by atoms with Crippen LogP contribution in [0.15, 0.2) is 36.4 Å². The Morgan fingerprint density at radius 3 is 2.58 bits per heavy atom. The van der Waals surface area contributed by atoms with E-state index < -0.39 is 35.0 Å². The van der Waals surface area contributed by atoms with Crippen LogP contribution >= 0.6 is 23.2 Å². The molecule has 2 atom stereocenters. The number of fused-ring (bicyclic) bond motifs is 4. The number of hydrogen-bond donors (Lipinski definition) is 3. The molecular formula is C25H25Cl2FN2O6. The lowest BCUT2D eigenvalue weighted by atomic mass is 9.60. The first-order valence-electron chi connectivity index (χ1n) is 11.7. The van der Waals surface area contributed by atoms with Crippen LogP contribution in [0.3, 0.4) is 0 Å². The highest BCUT2D eigenvalue weighted by atomic mass is 35.5. The number of aliphatic hydroxyl groups is 1. The van der Waals surface area contributed by atoms with E-state index in [4.69, 9.17) is 37.4 Å². The summed E-state index contributed by atoms with van der Waals surface area (Å²) >= 11 is 11.6. The molecule has 3 fully saturated rings. The SMILES string of the molecule is O=C(COc1ccc(Cl)c(F)c1)NC12CCC(NC(=O)[C@H]3COc4cc(Cl)ccc4O3)(CC1)C[C@@H]2O. The first kappa shape index (κ1) is 24.9. The zero-order chi connectivity index (χ0) is 25.5. The number of carbonyl (C=O) groups excluding carboxylic acids is 2. The van der Waals surface area contributed by atoms with Crippen LogP contribution in [0, 0.1) is 5.82 Å². The van der Waals surface area contributed by atoms with Crippen LogP contribution < -0.4 is 24.8 Å². The standard InChI is InChI=1S/C25H25Cl2FN2O6/c26-14-1-4-18-19(9-14)35-12-20(36-18)23(33)30-24-5-7-25(8-6-24,21(31)11-24)29-22(32)13-34-15-2-3-16(27)17(28)10-15/h1-4,9-10,20-21,31H,5-8,11-13H2,(H,29,32)(H,30,33)/t20-,21+,24?,25?/m1/s1. The van der Waals surface area contributed by atoms with Crippen LogP contribution in [0.2, 0.25) is 10.0 Å². The van der Waals surface area contributed by atoms with Crippen molar-refractivity contribution in [1.29, 1.82) is 0 Å². The molecule has 192 valence electrons. The maximum Gasteiger partial charge on any atom is 0.265 e. The Kier molecular flexibility index (Phi) is 6.65. The first-order chi connectivity index (χ1) is 17.2. The minimum atomic E-state index is -0.858. The third-order valence-corrected chi connectivity index (χ3v) is 7.76. The summed E-state index contributed by atoms with van der Waals surface area (Å²) in [5, 5.41) is 17.4. The summed E-state index contributed by atoms with van der Waals surface area (Å²) in [6, 6.07) is 8.88. The predicted octanol–water partition coefficient (Wildman–Crippen LogP) is 3.40. The first-order valence-corrected chi connectivity index (χ1v) is 12.4. The van der Waals surface area contributed by atoms with E-state index in [2.05, 4.69) is 10.6 Å². The molecule has 0 radical (unpaired) electrons. The smallest absolute Gasteiger partial charge is 0.265 e. The van der Waals surface area contributed by atoms with Gasteiger partial charge in [-0.2, -0.15) is 0 Å². The van der Waals surface area contributed by atoms with Crippen LogP contribution in [0.5, 0.6) is 17.2 Å². The Morgan fingerprint density at radius 2 is 1.86 bits per heavy atom. The second-order valence-corrected chi connectivity index (χ2v) is 10.4. The molecule has 3 N–H and O–H groups in total. The van der Waals surface area contributed by atoms with Crippen molar-refractivity contribution in [2.24, 2.45) is 0 Å². The van der Waals surface area contributed by atoms with Crippen molar-refractivity contribution in [2.45, 2.75) is 55.4 Å². The van der Waals surface area contributed by atoms with E-state index in [1.807, 2.05) is 0 Å². The highest BCUT2D eigenvalue weighted by Crippen LogP contribution is 2.47. The number of benzene rings is 2. The van der Waals surface area contributed by atoms with E-state index >= 15 is 0 Å². The minimum absolute atomic E-state index is 0.0360. The molecule has 1 aliphatic heterocycles. The molecule has 1 heterocycles. The zero-order valence-corrected chi connectivity index (χ0v) is 20.7. The average Bonchev–Trinajstić information content (AvgIpc) is 2.85. The largest absolute Gasteiger partial charge is 0.485 e. The van der Waals surface area contributed by atoms with E-state index in [0.717, 1.165) is 6.07 Å². The molecule has 11 heteroatoms. The van der Waals surface area contributed by atoms with E-state index in [1.54, 1.807) is 18.2 Å². The maximum absolute atomic E-state index is 13.6. The van der Waals surface area contributed by atoms with Crippen LogP contribution in [-0.4, -0.2) is 53.4 Å². The second-order valence-electron chi connectivity index (χ2n) is 9.57. The van der Waals surface area contributed by atoms with Gasteiger partial charge in [0.05, 0.1) is 16.7 Å². The summed E-state index contributed by atoms with van der Waals surface area (Å²) in [5.74, 6) is -0.264. The Hall–Kier alpha value is -2.75. The normalized spacial score (nSPS) is 28.3. The molecule has 2 bridgehead atoms. The Morgan fingerprint density at radius 1 is 1.08 bits per heavy atom. The Labute approximate surface area is 217 Å². The molecule has 8 nitrogen and oxygen atoms in total. The molecule has 2 amide bonds. The second kappa shape index (κ2) is 9.61. The number of amides is 2. The van der Waals surface area contributed by atoms with Crippen molar-refractivity contribution in [2.75, 3.05) is 13.2 Å². The topological polar surface area (TPSA) is 106 Å². The minimum Gasteiger partial charge on any atom is -0.485 e. The van der Waals surface area contributed by atoms with Crippen LogP contribution in [0.4, 0.5) is 4.39 Å². The lowest BCUT2D eigenvalue weighted by molar-refractivity contribution is -0.140. The fourth-order valence-corrected chi connectivity index (χ4v) is 5.49. The van der Waals surface area contributed by atoms with Gasteiger partial charge in [0.1, 0.15) is 18.2 Å². The molecular weight excluding hydrogens is 514 g/mol. The highest BCUT2D eigenvalue weighted by molar-refractivity contribution is 6.31. The average molecular weight is 539 g/mol. The fraction of sp³-hybridized carbons (Fsp3) is 0.440. The number of rotatable bonds is 6. The van der Waals surface area contributed by atoms with Gasteiger partial charge in [0.2, 0.25) is 6.10 Å². The van der Waals surface area contributed by atoms with E-state index in [9.17, 15) is 19.1 Å². The van der Waals surface area contributed by atoms with Crippen molar-refractivity contribution >= 4 is 35.0 Å². The van der Waals surface area contributed by atoms with E-state index in [0.29, 0.717) is 48.6 Å². The van der Waals surface area contributed by atoms with Gasteiger partial charge in [-0.05, 0) is 56.4 Å². The van der Waals surface area contributed by atoms with Crippen molar-refractivity contribution in [3.05, 3.63) is 52.3 Å². The molecule has 2 aromatic rings. The van der Waals surface area contributed by atoms with Crippen molar-refractivity contribution in [3.8, 4) is 17.2 Å². The van der Waals surface area contributed by atoms with Crippen LogP contribution in [-0.2, 0) is 9.59 Å². The lowest BCUT2D eigenvalue weighted by Gasteiger charge is -2.56.